The van der Waals surface area contributed by atoms with Crippen LogP contribution in [0.15, 0.2) is 30.0 Å². The molecule has 0 N–H and O–H groups in total. The zero-order valence-corrected chi connectivity index (χ0v) is 10.6. The van der Waals surface area contributed by atoms with E-state index in [0.29, 0.717) is 12.3 Å². The molecule has 0 heterocycles. The molecule has 1 aromatic rings. The maximum atomic E-state index is 10.9. The third kappa shape index (κ3) is 4.39. The summed E-state index contributed by atoms with van der Waals surface area (Å²) in [5, 5.41) is 10.9. The van der Waals surface area contributed by atoms with Gasteiger partial charge in [-0.15, -0.1) is 0 Å². The highest BCUT2D eigenvalue weighted by molar-refractivity contribution is 5.51. The molecule has 0 saturated carbocycles. The van der Waals surface area contributed by atoms with E-state index in [2.05, 4.69) is 6.92 Å². The highest BCUT2D eigenvalue weighted by atomic mass is 16.6. The molecule has 0 aliphatic carbocycles. The van der Waals surface area contributed by atoms with E-state index in [-0.39, 0.29) is 10.6 Å². The summed E-state index contributed by atoms with van der Waals surface area (Å²) in [6.45, 7) is 6.06. The van der Waals surface area contributed by atoms with Gasteiger partial charge < -0.3 is 0 Å². The molecule has 0 aliphatic rings. The Morgan fingerprint density at radius 2 is 1.94 bits per heavy atom. The van der Waals surface area contributed by atoms with Crippen molar-refractivity contribution in [2.45, 2.75) is 33.6 Å². The molecule has 1 aromatic carbocycles. The van der Waals surface area contributed by atoms with E-state index in [0.717, 1.165) is 12.0 Å². The van der Waals surface area contributed by atoms with Gasteiger partial charge in [0, 0.05) is 12.5 Å². The lowest BCUT2D eigenvalue weighted by atomic mass is 10.0. The fraction of sp³-hybridized carbons (Fsp3) is 0.429. The molecule has 0 amide bonds. The summed E-state index contributed by atoms with van der Waals surface area (Å²) in [4.78, 5) is 10.6. The van der Waals surface area contributed by atoms with Crippen LogP contribution < -0.4 is 0 Å². The van der Waals surface area contributed by atoms with Crippen molar-refractivity contribution in [3.05, 3.63) is 51.2 Å². The first kappa shape index (κ1) is 13.4. The molecule has 0 atom stereocenters. The predicted molar refractivity (Wildman–Crippen MR) is 70.2 cm³/mol. The van der Waals surface area contributed by atoms with Crippen LogP contribution in [0.3, 0.4) is 0 Å². The molecule has 17 heavy (non-hydrogen) atoms. The van der Waals surface area contributed by atoms with Gasteiger partial charge in [0.25, 0.3) is 0 Å². The van der Waals surface area contributed by atoms with Crippen LogP contribution in [0.5, 0.6) is 0 Å². The quantitative estimate of drug-likeness (QED) is 0.571. The summed E-state index contributed by atoms with van der Waals surface area (Å²) in [5.74, 6) is 0.293. The van der Waals surface area contributed by atoms with Gasteiger partial charge in [-0.05, 0) is 23.5 Å². The van der Waals surface area contributed by atoms with Crippen molar-refractivity contribution >= 4 is 6.08 Å². The molecular formula is C14H19NO2. The molecule has 0 fully saturated rings. The minimum atomic E-state index is -0.284. The molecule has 0 aromatic heterocycles. The lowest BCUT2D eigenvalue weighted by Gasteiger charge is -2.03. The second-order valence-electron chi connectivity index (χ2n) is 4.59. The second-order valence-corrected chi connectivity index (χ2v) is 4.59. The normalized spacial score (nSPS) is 11.9. The first-order valence-electron chi connectivity index (χ1n) is 5.96. The molecule has 1 rings (SSSR count). The molecular weight excluding hydrogens is 214 g/mol. The van der Waals surface area contributed by atoms with E-state index < -0.39 is 0 Å². The molecule has 0 radical (unpaired) electrons. The Labute approximate surface area is 102 Å². The maximum absolute atomic E-state index is 10.9. The molecule has 0 unspecified atom stereocenters. The standard InChI is InChI=1S/C14H19NO2/c1-4-12-5-7-13(8-6-12)10-14(15(16)17)9-11(2)3/h5-8,10-11H,4,9H2,1-3H3. The number of hydrogen-bond donors (Lipinski definition) is 0. The third-order valence-electron chi connectivity index (χ3n) is 2.57. The number of allylic oxidation sites excluding steroid dienone is 1. The molecule has 3 heteroatoms. The van der Waals surface area contributed by atoms with Crippen molar-refractivity contribution < 1.29 is 4.92 Å². The van der Waals surface area contributed by atoms with Gasteiger partial charge in [0.15, 0.2) is 0 Å². The van der Waals surface area contributed by atoms with E-state index in [1.165, 1.54) is 5.56 Å². The van der Waals surface area contributed by atoms with Crippen molar-refractivity contribution in [1.29, 1.82) is 0 Å². The Balaban J connectivity index is 2.91. The Kier molecular flexibility index (Phi) is 4.88. The number of nitro groups is 1. The average molecular weight is 233 g/mol. The van der Waals surface area contributed by atoms with Crippen molar-refractivity contribution in [2.75, 3.05) is 0 Å². The van der Waals surface area contributed by atoms with Crippen LogP contribution in [0.1, 0.15) is 38.3 Å². The van der Waals surface area contributed by atoms with Crippen molar-refractivity contribution in [3.8, 4) is 0 Å². The van der Waals surface area contributed by atoms with Crippen LogP contribution in [0, 0.1) is 16.0 Å². The van der Waals surface area contributed by atoms with Gasteiger partial charge >= 0.3 is 0 Å². The van der Waals surface area contributed by atoms with Crippen LogP contribution in [0.4, 0.5) is 0 Å². The number of rotatable bonds is 5. The number of hydrogen-bond acceptors (Lipinski definition) is 2. The molecule has 0 spiro atoms. The van der Waals surface area contributed by atoms with Gasteiger partial charge in [-0.1, -0.05) is 45.0 Å². The molecule has 0 aliphatic heterocycles. The molecule has 3 nitrogen and oxygen atoms in total. The van der Waals surface area contributed by atoms with Crippen molar-refractivity contribution in [3.63, 3.8) is 0 Å². The molecule has 0 bridgehead atoms. The van der Waals surface area contributed by atoms with Gasteiger partial charge in [0.1, 0.15) is 0 Å². The Bertz CT molecular complexity index is 405. The smallest absolute Gasteiger partial charge is 0.247 e. The van der Waals surface area contributed by atoms with E-state index >= 15 is 0 Å². The monoisotopic (exact) mass is 233 g/mol. The van der Waals surface area contributed by atoms with Crippen molar-refractivity contribution in [1.82, 2.24) is 0 Å². The van der Waals surface area contributed by atoms with Crippen LogP contribution in [0.25, 0.3) is 6.08 Å². The van der Waals surface area contributed by atoms with Gasteiger partial charge in [-0.2, -0.15) is 0 Å². The largest absolute Gasteiger partial charge is 0.259 e. The average Bonchev–Trinajstić information content (AvgIpc) is 2.28. The lowest BCUT2D eigenvalue weighted by molar-refractivity contribution is -0.427. The maximum Gasteiger partial charge on any atom is 0.247 e. The minimum absolute atomic E-state index is 0.282. The van der Waals surface area contributed by atoms with Gasteiger partial charge in [0.05, 0.1) is 4.92 Å². The van der Waals surface area contributed by atoms with E-state index in [1.54, 1.807) is 6.08 Å². The van der Waals surface area contributed by atoms with E-state index in [9.17, 15) is 10.1 Å². The second kappa shape index (κ2) is 6.18. The number of benzene rings is 1. The SMILES string of the molecule is CCc1ccc(C=C(CC(C)C)[N+](=O)[O-])cc1. The molecule has 0 saturated heterocycles. The van der Waals surface area contributed by atoms with Crippen LogP contribution >= 0.6 is 0 Å². The zero-order valence-electron chi connectivity index (χ0n) is 10.6. The number of aryl methyl sites for hydroxylation is 1. The summed E-state index contributed by atoms with van der Waals surface area (Å²) in [6.07, 6.45) is 3.15. The predicted octanol–water partition coefficient (Wildman–Crippen LogP) is 3.91. The van der Waals surface area contributed by atoms with Gasteiger partial charge in [-0.3, -0.25) is 10.1 Å². The first-order chi connectivity index (χ1) is 8.02. The fourth-order valence-electron chi connectivity index (χ4n) is 1.65. The molecule has 92 valence electrons. The fourth-order valence-corrected chi connectivity index (χ4v) is 1.65. The van der Waals surface area contributed by atoms with E-state index in [4.69, 9.17) is 0 Å². The van der Waals surface area contributed by atoms with E-state index in [1.807, 2.05) is 38.1 Å². The van der Waals surface area contributed by atoms with Crippen LogP contribution in [0.2, 0.25) is 0 Å². The Morgan fingerprint density at radius 3 is 2.35 bits per heavy atom. The summed E-state index contributed by atoms with van der Waals surface area (Å²) in [6, 6.07) is 7.89. The van der Waals surface area contributed by atoms with Gasteiger partial charge in [-0.25, -0.2) is 0 Å². The Hall–Kier alpha value is -1.64. The lowest BCUT2D eigenvalue weighted by Crippen LogP contribution is -2.02. The Morgan fingerprint density at radius 1 is 1.35 bits per heavy atom. The minimum Gasteiger partial charge on any atom is -0.259 e. The highest BCUT2D eigenvalue weighted by Gasteiger charge is 2.12. The first-order valence-corrected chi connectivity index (χ1v) is 5.96. The summed E-state index contributed by atoms with van der Waals surface area (Å²) in [7, 11) is 0. The topological polar surface area (TPSA) is 43.1 Å². The van der Waals surface area contributed by atoms with Crippen LogP contribution in [-0.2, 0) is 6.42 Å². The zero-order chi connectivity index (χ0) is 12.8. The highest BCUT2D eigenvalue weighted by Crippen LogP contribution is 2.16. The third-order valence-corrected chi connectivity index (χ3v) is 2.57. The van der Waals surface area contributed by atoms with Gasteiger partial charge in [0.2, 0.25) is 5.70 Å². The number of nitrogens with zero attached hydrogens (tertiary/aromatic N) is 1. The summed E-state index contributed by atoms with van der Waals surface area (Å²) in [5.41, 5.74) is 2.42. The summed E-state index contributed by atoms with van der Waals surface area (Å²) >= 11 is 0. The summed E-state index contributed by atoms with van der Waals surface area (Å²) < 4.78 is 0. The van der Waals surface area contributed by atoms with Crippen LogP contribution in [-0.4, -0.2) is 4.92 Å². The van der Waals surface area contributed by atoms with Crippen molar-refractivity contribution in [2.24, 2.45) is 5.92 Å².